The SMILES string of the molecule is C=CC(=O)Nc1cc(Nc2cc(N3OCCC3c3cccc(C(F)(F)F)c3)ncn2)c(OC)cc1N1CCC(N2CCN(C3CC3)C(C)C2)CC1. The highest BCUT2D eigenvalue weighted by Crippen LogP contribution is 2.41. The molecule has 2 N–H and O–H groups in total. The van der Waals surface area contributed by atoms with Crippen molar-refractivity contribution in [2.75, 3.05) is 67.0 Å². The fourth-order valence-electron chi connectivity index (χ4n) is 7.73. The lowest BCUT2D eigenvalue weighted by Crippen LogP contribution is -2.57. The van der Waals surface area contributed by atoms with E-state index in [2.05, 4.69) is 48.8 Å². The maximum Gasteiger partial charge on any atom is 0.416 e. The maximum atomic E-state index is 13.5. The summed E-state index contributed by atoms with van der Waals surface area (Å²) >= 11 is 0. The van der Waals surface area contributed by atoms with Crippen molar-refractivity contribution in [1.82, 2.24) is 19.8 Å². The molecule has 0 bridgehead atoms. The molecule has 4 fully saturated rings. The van der Waals surface area contributed by atoms with Gasteiger partial charge in [0.1, 0.15) is 17.9 Å². The topological polar surface area (TPSA) is 98.3 Å². The molecule has 3 aliphatic heterocycles. The fraction of sp³-hybridized carbons (Fsp3) is 0.486. The number of benzene rings is 2. The third kappa shape index (κ3) is 7.77. The molecular formula is C37H45F3N8O3. The molecule has 2 atom stereocenters. The summed E-state index contributed by atoms with van der Waals surface area (Å²) in [7, 11) is 1.59. The van der Waals surface area contributed by atoms with E-state index in [0.29, 0.717) is 59.4 Å². The Balaban J connectivity index is 1.08. The number of hydroxylamine groups is 1. The smallest absolute Gasteiger partial charge is 0.416 e. The van der Waals surface area contributed by atoms with Gasteiger partial charge in [0, 0.05) is 69.4 Å². The summed E-state index contributed by atoms with van der Waals surface area (Å²) in [5, 5.41) is 7.79. The highest BCUT2D eigenvalue weighted by Gasteiger charge is 2.38. The molecular weight excluding hydrogens is 661 g/mol. The van der Waals surface area contributed by atoms with Crippen molar-refractivity contribution in [3.05, 3.63) is 72.6 Å². The van der Waals surface area contributed by atoms with E-state index in [-0.39, 0.29) is 5.91 Å². The molecule has 51 heavy (non-hydrogen) atoms. The van der Waals surface area contributed by atoms with Crippen molar-refractivity contribution in [2.24, 2.45) is 0 Å². The van der Waals surface area contributed by atoms with Gasteiger partial charge in [-0.25, -0.2) is 15.0 Å². The number of halogens is 3. The van der Waals surface area contributed by atoms with E-state index < -0.39 is 17.8 Å². The van der Waals surface area contributed by atoms with Gasteiger partial charge >= 0.3 is 6.18 Å². The van der Waals surface area contributed by atoms with Gasteiger partial charge in [-0.15, -0.1) is 0 Å². The van der Waals surface area contributed by atoms with Gasteiger partial charge < -0.3 is 20.3 Å². The average molecular weight is 707 g/mol. The zero-order valence-electron chi connectivity index (χ0n) is 29.0. The molecule has 1 aliphatic carbocycles. The summed E-state index contributed by atoms with van der Waals surface area (Å²) in [5.41, 5.74) is 1.78. The van der Waals surface area contributed by atoms with Crippen molar-refractivity contribution in [3.8, 4) is 5.75 Å². The molecule has 11 nitrogen and oxygen atoms in total. The molecule has 1 amide bonds. The Morgan fingerprint density at radius 3 is 2.51 bits per heavy atom. The van der Waals surface area contributed by atoms with Gasteiger partial charge in [0.05, 0.1) is 42.4 Å². The molecule has 1 aromatic heterocycles. The van der Waals surface area contributed by atoms with Gasteiger partial charge in [-0.1, -0.05) is 18.7 Å². The van der Waals surface area contributed by atoms with Crippen LogP contribution < -0.4 is 25.3 Å². The predicted octanol–water partition coefficient (Wildman–Crippen LogP) is 6.39. The standard InChI is InChI=1S/C37H45F3N8O3/c1-4-36(49)44-29-19-30(33(50-3)20-32(29)45-13-10-27(11-14-45)46-15-16-47(24(2)22-46)28-8-9-28)43-34-21-35(42-23-41-34)48-31(12-17-51-48)25-6-5-7-26(18-25)37(38,39)40/h4-7,18-21,23-24,27-28,31H,1,8-17,22H2,2-3H3,(H,44,49)(H,41,42,43). The molecule has 3 saturated heterocycles. The largest absolute Gasteiger partial charge is 0.494 e. The van der Waals surface area contributed by atoms with Crippen LogP contribution in [-0.4, -0.2) is 90.2 Å². The molecule has 3 aromatic rings. The van der Waals surface area contributed by atoms with Gasteiger partial charge in [-0.2, -0.15) is 13.2 Å². The molecule has 2 unspecified atom stereocenters. The number of piperidine rings is 1. The van der Waals surface area contributed by atoms with Crippen LogP contribution in [0.15, 0.2) is 61.4 Å². The van der Waals surface area contributed by atoms with Crippen LogP contribution in [0.1, 0.15) is 56.2 Å². The number of nitrogens with one attached hydrogen (secondary N) is 2. The number of hydrogen-bond acceptors (Lipinski definition) is 10. The van der Waals surface area contributed by atoms with Crippen molar-refractivity contribution in [2.45, 2.75) is 69.4 Å². The first kappa shape index (κ1) is 35.0. The van der Waals surface area contributed by atoms with E-state index in [1.807, 2.05) is 12.1 Å². The van der Waals surface area contributed by atoms with Crippen LogP contribution in [0.2, 0.25) is 0 Å². The number of piperazine rings is 1. The minimum absolute atomic E-state index is 0.322. The Morgan fingerprint density at radius 2 is 1.80 bits per heavy atom. The second-order valence-electron chi connectivity index (χ2n) is 13.8. The minimum atomic E-state index is -4.45. The Morgan fingerprint density at radius 1 is 1.00 bits per heavy atom. The van der Waals surface area contributed by atoms with Crippen LogP contribution >= 0.6 is 0 Å². The molecule has 4 aliphatic rings. The number of carbonyl (C=O) groups is 1. The molecule has 7 rings (SSSR count). The summed E-state index contributed by atoms with van der Waals surface area (Å²) in [6.45, 7) is 11.4. The number of anilines is 5. The van der Waals surface area contributed by atoms with Crippen LogP contribution in [-0.2, 0) is 15.8 Å². The van der Waals surface area contributed by atoms with E-state index in [9.17, 15) is 18.0 Å². The summed E-state index contributed by atoms with van der Waals surface area (Å²) in [4.78, 5) is 34.9. The number of rotatable bonds is 10. The van der Waals surface area contributed by atoms with E-state index in [0.717, 1.165) is 69.4 Å². The number of aromatic nitrogens is 2. The van der Waals surface area contributed by atoms with Gasteiger partial charge in [-0.05, 0) is 62.4 Å². The zero-order chi connectivity index (χ0) is 35.7. The first-order valence-corrected chi connectivity index (χ1v) is 17.7. The van der Waals surface area contributed by atoms with E-state index in [1.54, 1.807) is 19.2 Å². The maximum absolute atomic E-state index is 13.5. The molecule has 0 spiro atoms. The molecule has 2 aromatic carbocycles. The van der Waals surface area contributed by atoms with Gasteiger partial charge in [0.2, 0.25) is 5.91 Å². The van der Waals surface area contributed by atoms with Crippen LogP contribution in [0.25, 0.3) is 0 Å². The van der Waals surface area contributed by atoms with Crippen LogP contribution in [0.3, 0.4) is 0 Å². The second kappa shape index (κ2) is 14.7. The van der Waals surface area contributed by atoms with Gasteiger partial charge in [-0.3, -0.25) is 19.4 Å². The molecule has 272 valence electrons. The molecule has 1 saturated carbocycles. The van der Waals surface area contributed by atoms with Crippen LogP contribution in [0, 0.1) is 0 Å². The number of ether oxygens (including phenoxy) is 1. The molecule has 4 heterocycles. The molecule has 0 radical (unpaired) electrons. The molecule has 14 heteroatoms. The minimum Gasteiger partial charge on any atom is -0.494 e. The van der Waals surface area contributed by atoms with E-state index in [4.69, 9.17) is 9.57 Å². The first-order valence-electron chi connectivity index (χ1n) is 17.7. The number of alkyl halides is 3. The monoisotopic (exact) mass is 706 g/mol. The van der Waals surface area contributed by atoms with Gasteiger partial charge in [0.25, 0.3) is 0 Å². The lowest BCUT2D eigenvalue weighted by molar-refractivity contribution is -0.137. The normalized spacial score (nSPS) is 22.2. The van der Waals surface area contributed by atoms with Gasteiger partial charge in [0.15, 0.2) is 5.82 Å². The Hall–Kier alpha value is -4.40. The number of methoxy groups -OCH3 is 1. The Kier molecular flexibility index (Phi) is 10.1. The predicted molar refractivity (Wildman–Crippen MR) is 190 cm³/mol. The number of nitrogens with zero attached hydrogens (tertiary/aromatic N) is 6. The first-order chi connectivity index (χ1) is 24.6. The lowest BCUT2D eigenvalue weighted by Gasteiger charge is -2.46. The van der Waals surface area contributed by atoms with Crippen molar-refractivity contribution >= 4 is 34.6 Å². The zero-order valence-corrected chi connectivity index (χ0v) is 29.0. The summed E-state index contributed by atoms with van der Waals surface area (Å²) in [6, 6.07) is 12.1. The van der Waals surface area contributed by atoms with Crippen molar-refractivity contribution in [1.29, 1.82) is 0 Å². The third-order valence-corrected chi connectivity index (χ3v) is 10.5. The summed E-state index contributed by atoms with van der Waals surface area (Å²) in [6.07, 6.45) is 3.36. The summed E-state index contributed by atoms with van der Waals surface area (Å²) in [5.74, 6) is 1.01. The van der Waals surface area contributed by atoms with Crippen molar-refractivity contribution in [3.63, 3.8) is 0 Å². The van der Waals surface area contributed by atoms with Crippen LogP contribution in [0.4, 0.5) is 41.9 Å². The summed E-state index contributed by atoms with van der Waals surface area (Å²) < 4.78 is 46.2. The number of hydrogen-bond donors (Lipinski definition) is 2. The van der Waals surface area contributed by atoms with Crippen molar-refractivity contribution < 1.29 is 27.5 Å². The van der Waals surface area contributed by atoms with Crippen LogP contribution in [0.5, 0.6) is 5.75 Å². The highest BCUT2D eigenvalue weighted by molar-refractivity contribution is 6.02. The highest BCUT2D eigenvalue weighted by atomic mass is 19.4. The Labute approximate surface area is 296 Å². The number of carbonyl (C=O) groups excluding carboxylic acids is 1. The second-order valence-corrected chi connectivity index (χ2v) is 13.8. The van der Waals surface area contributed by atoms with E-state index >= 15 is 0 Å². The third-order valence-electron chi connectivity index (χ3n) is 10.5. The quantitative estimate of drug-likeness (QED) is 0.231. The number of amides is 1. The average Bonchev–Trinajstić information content (AvgIpc) is 3.86. The Bertz CT molecular complexity index is 1730. The lowest BCUT2D eigenvalue weighted by atomic mass is 9.99. The van der Waals surface area contributed by atoms with E-state index in [1.165, 1.54) is 36.4 Å². The fourth-order valence-corrected chi connectivity index (χ4v) is 7.73.